The molecule has 2 aromatic carbocycles. The first kappa shape index (κ1) is 26.7. The standard InChI is InChI=1S/C27H35FN2O5S/c1-20-8-11-25(21-6-3-2-4-7-21)36(33,34)30(20)19-22-9-10-23(18-24(22)28)27(12-16-35-17-13-27)26(32)29-14-5-15-31/h2-4,6-7,9-10,18,20,25,31H,5,8,11-17,19H2,1H3,(H,29,32). The highest BCUT2D eigenvalue weighted by Crippen LogP contribution is 2.39. The average Bonchev–Trinajstić information content (AvgIpc) is 2.88. The van der Waals surface area contributed by atoms with Crippen molar-refractivity contribution in [2.24, 2.45) is 0 Å². The number of ether oxygens (including phenoxy) is 1. The van der Waals surface area contributed by atoms with E-state index in [2.05, 4.69) is 5.32 Å². The Morgan fingerprint density at radius 3 is 2.56 bits per heavy atom. The summed E-state index contributed by atoms with van der Waals surface area (Å²) >= 11 is 0. The molecule has 0 spiro atoms. The number of nitrogens with one attached hydrogen (secondary N) is 1. The summed E-state index contributed by atoms with van der Waals surface area (Å²) in [6.07, 6.45) is 2.51. The topological polar surface area (TPSA) is 95.9 Å². The van der Waals surface area contributed by atoms with Crippen LogP contribution < -0.4 is 5.32 Å². The van der Waals surface area contributed by atoms with Gasteiger partial charge in [0.1, 0.15) is 11.1 Å². The van der Waals surface area contributed by atoms with Gasteiger partial charge in [-0.1, -0.05) is 42.5 Å². The highest BCUT2D eigenvalue weighted by Gasteiger charge is 2.43. The Balaban J connectivity index is 1.59. The van der Waals surface area contributed by atoms with Crippen molar-refractivity contribution in [3.63, 3.8) is 0 Å². The fourth-order valence-electron chi connectivity index (χ4n) is 5.31. The number of aliphatic hydroxyl groups is 1. The lowest BCUT2D eigenvalue weighted by atomic mass is 9.73. The van der Waals surface area contributed by atoms with Crippen molar-refractivity contribution in [1.82, 2.24) is 9.62 Å². The van der Waals surface area contributed by atoms with Gasteiger partial charge in [-0.15, -0.1) is 0 Å². The van der Waals surface area contributed by atoms with Gasteiger partial charge in [-0.2, -0.15) is 4.31 Å². The maximum absolute atomic E-state index is 15.5. The number of amides is 1. The predicted octanol–water partition coefficient (Wildman–Crippen LogP) is 3.43. The quantitative estimate of drug-likeness (QED) is 0.522. The third kappa shape index (κ3) is 5.34. The van der Waals surface area contributed by atoms with Crippen molar-refractivity contribution < 1.29 is 27.4 Å². The highest BCUT2D eigenvalue weighted by molar-refractivity contribution is 7.89. The summed E-state index contributed by atoms with van der Waals surface area (Å²) in [7, 11) is -3.68. The third-order valence-corrected chi connectivity index (χ3v) is 9.90. The molecule has 0 aromatic heterocycles. The number of benzene rings is 2. The van der Waals surface area contributed by atoms with Gasteiger partial charge in [0.05, 0.1) is 5.41 Å². The van der Waals surface area contributed by atoms with Gasteiger partial charge in [0.25, 0.3) is 0 Å². The van der Waals surface area contributed by atoms with Crippen LogP contribution in [0.3, 0.4) is 0 Å². The molecule has 0 radical (unpaired) electrons. The van der Waals surface area contributed by atoms with Crippen LogP contribution >= 0.6 is 0 Å². The van der Waals surface area contributed by atoms with E-state index >= 15 is 4.39 Å². The molecule has 2 aliphatic rings. The van der Waals surface area contributed by atoms with Crippen molar-refractivity contribution in [2.45, 2.75) is 62.3 Å². The fourth-order valence-corrected chi connectivity index (χ4v) is 7.50. The second kappa shape index (κ2) is 11.4. The normalized spacial score (nSPS) is 23.8. The third-order valence-electron chi connectivity index (χ3n) is 7.53. The van der Waals surface area contributed by atoms with E-state index in [9.17, 15) is 13.2 Å². The molecule has 2 saturated heterocycles. The van der Waals surface area contributed by atoms with Gasteiger partial charge >= 0.3 is 0 Å². The van der Waals surface area contributed by atoms with Gasteiger partial charge in [0, 0.05) is 44.5 Å². The van der Waals surface area contributed by atoms with Crippen LogP contribution in [0.15, 0.2) is 48.5 Å². The Bertz CT molecular complexity index is 1150. The Morgan fingerprint density at radius 2 is 1.89 bits per heavy atom. The van der Waals surface area contributed by atoms with Gasteiger partial charge in [0.15, 0.2) is 0 Å². The maximum Gasteiger partial charge on any atom is 0.230 e. The minimum atomic E-state index is -3.68. The summed E-state index contributed by atoms with van der Waals surface area (Å²) in [5, 5.41) is 11.3. The second-order valence-corrected chi connectivity index (χ2v) is 11.8. The Labute approximate surface area is 212 Å². The summed E-state index contributed by atoms with van der Waals surface area (Å²) in [5.41, 5.74) is 0.672. The molecule has 7 nitrogen and oxygen atoms in total. The van der Waals surface area contributed by atoms with Crippen LogP contribution in [0, 0.1) is 5.82 Å². The van der Waals surface area contributed by atoms with E-state index in [0.29, 0.717) is 57.4 Å². The zero-order valence-corrected chi connectivity index (χ0v) is 21.5. The summed E-state index contributed by atoms with van der Waals surface area (Å²) in [6.45, 7) is 2.90. The van der Waals surface area contributed by atoms with E-state index in [1.807, 2.05) is 37.3 Å². The summed E-state index contributed by atoms with van der Waals surface area (Å²) < 4.78 is 49.4. The van der Waals surface area contributed by atoms with Crippen LogP contribution in [0.1, 0.15) is 61.0 Å². The van der Waals surface area contributed by atoms with Crippen LogP contribution in [0.5, 0.6) is 0 Å². The maximum atomic E-state index is 15.5. The number of rotatable bonds is 8. The summed E-state index contributed by atoms with van der Waals surface area (Å²) in [5.74, 6) is -0.727. The number of halogens is 1. The van der Waals surface area contributed by atoms with Gasteiger partial charge in [-0.25, -0.2) is 12.8 Å². The van der Waals surface area contributed by atoms with Crippen molar-refractivity contribution in [1.29, 1.82) is 0 Å². The number of aliphatic hydroxyl groups excluding tert-OH is 1. The number of hydrogen-bond donors (Lipinski definition) is 2. The Kier molecular flexibility index (Phi) is 8.44. The van der Waals surface area contributed by atoms with Gasteiger partial charge in [-0.3, -0.25) is 4.79 Å². The molecular formula is C27H35FN2O5S. The lowest BCUT2D eigenvalue weighted by Crippen LogP contribution is -2.48. The lowest BCUT2D eigenvalue weighted by Gasteiger charge is -2.38. The molecule has 0 bridgehead atoms. The largest absolute Gasteiger partial charge is 0.396 e. The first-order chi connectivity index (χ1) is 17.3. The van der Waals surface area contributed by atoms with E-state index in [1.165, 1.54) is 10.4 Å². The number of sulfonamides is 1. The minimum Gasteiger partial charge on any atom is -0.396 e. The van der Waals surface area contributed by atoms with E-state index in [-0.39, 0.29) is 30.7 Å². The molecule has 2 fully saturated rings. The molecule has 1 amide bonds. The smallest absolute Gasteiger partial charge is 0.230 e. The first-order valence-corrected chi connectivity index (χ1v) is 14.1. The van der Waals surface area contributed by atoms with Crippen LogP contribution in [0.2, 0.25) is 0 Å². The summed E-state index contributed by atoms with van der Waals surface area (Å²) in [4.78, 5) is 13.1. The lowest BCUT2D eigenvalue weighted by molar-refractivity contribution is -0.130. The zero-order chi connectivity index (χ0) is 25.8. The number of carbonyl (C=O) groups is 1. The van der Waals surface area contributed by atoms with Crippen molar-refractivity contribution in [3.05, 3.63) is 71.0 Å². The highest BCUT2D eigenvalue weighted by atomic mass is 32.2. The molecular weight excluding hydrogens is 483 g/mol. The molecule has 0 aliphatic carbocycles. The van der Waals surface area contributed by atoms with Crippen LogP contribution in [0.25, 0.3) is 0 Å². The van der Waals surface area contributed by atoms with Crippen molar-refractivity contribution >= 4 is 15.9 Å². The van der Waals surface area contributed by atoms with Crippen LogP contribution in [-0.4, -0.2) is 56.1 Å². The first-order valence-electron chi connectivity index (χ1n) is 12.6. The van der Waals surface area contributed by atoms with Crippen LogP contribution in [0.4, 0.5) is 4.39 Å². The number of carbonyl (C=O) groups excluding carboxylic acids is 1. The van der Waals surface area contributed by atoms with Gasteiger partial charge in [-0.05, 0) is 56.2 Å². The Morgan fingerprint density at radius 1 is 1.17 bits per heavy atom. The van der Waals surface area contributed by atoms with Gasteiger partial charge < -0.3 is 15.2 Å². The average molecular weight is 519 g/mol. The van der Waals surface area contributed by atoms with E-state index in [1.54, 1.807) is 12.1 Å². The molecule has 36 heavy (non-hydrogen) atoms. The van der Waals surface area contributed by atoms with E-state index in [4.69, 9.17) is 9.84 Å². The zero-order valence-electron chi connectivity index (χ0n) is 20.7. The minimum absolute atomic E-state index is 0.0251. The van der Waals surface area contributed by atoms with E-state index in [0.717, 1.165) is 5.56 Å². The molecule has 0 saturated carbocycles. The van der Waals surface area contributed by atoms with E-state index < -0.39 is 26.5 Å². The predicted molar refractivity (Wildman–Crippen MR) is 135 cm³/mol. The van der Waals surface area contributed by atoms with Gasteiger partial charge in [0.2, 0.25) is 15.9 Å². The Hall–Kier alpha value is -2.33. The van der Waals surface area contributed by atoms with Crippen molar-refractivity contribution in [2.75, 3.05) is 26.4 Å². The number of hydrogen-bond acceptors (Lipinski definition) is 5. The SMILES string of the molecule is CC1CCC(c2ccccc2)S(=O)(=O)N1Cc1ccc(C2(C(=O)NCCCO)CCOCC2)cc1F. The molecule has 2 aromatic rings. The van der Waals surface area contributed by atoms with Crippen LogP contribution in [-0.2, 0) is 31.5 Å². The molecule has 2 aliphatic heterocycles. The second-order valence-electron chi connectivity index (χ2n) is 9.75. The fraction of sp³-hybridized carbons (Fsp3) is 0.519. The molecule has 4 rings (SSSR count). The number of nitrogens with zero attached hydrogens (tertiary/aromatic N) is 1. The molecule has 2 atom stereocenters. The monoisotopic (exact) mass is 518 g/mol. The molecule has 2 heterocycles. The molecule has 2 unspecified atom stereocenters. The molecule has 196 valence electrons. The summed E-state index contributed by atoms with van der Waals surface area (Å²) in [6, 6.07) is 13.7. The molecule has 2 N–H and O–H groups in total. The molecule has 9 heteroatoms. The van der Waals surface area contributed by atoms with Crippen molar-refractivity contribution in [3.8, 4) is 0 Å².